The van der Waals surface area contributed by atoms with Crippen LogP contribution >= 0.6 is 11.6 Å². The molecule has 0 spiro atoms. The average Bonchev–Trinajstić information content (AvgIpc) is 2.41. The van der Waals surface area contributed by atoms with Crippen molar-refractivity contribution in [2.45, 2.75) is 13.8 Å². The lowest BCUT2D eigenvalue weighted by molar-refractivity contribution is 0.102. The van der Waals surface area contributed by atoms with Gasteiger partial charge in [-0.1, -0.05) is 11.6 Å². The summed E-state index contributed by atoms with van der Waals surface area (Å²) in [7, 11) is 0. The van der Waals surface area contributed by atoms with Gasteiger partial charge in [0.1, 0.15) is 0 Å². The summed E-state index contributed by atoms with van der Waals surface area (Å²) in [5, 5.41) is 3.04. The van der Waals surface area contributed by atoms with Crippen LogP contribution < -0.4 is 16.6 Å². The van der Waals surface area contributed by atoms with Crippen LogP contribution in [0, 0.1) is 13.8 Å². The molecule has 0 saturated heterocycles. The molecular formula is C13H14ClN5O. The first kappa shape index (κ1) is 14.2. The van der Waals surface area contributed by atoms with Crippen molar-refractivity contribution >= 4 is 29.0 Å². The Kier molecular flexibility index (Phi) is 4.16. The van der Waals surface area contributed by atoms with Gasteiger partial charge in [-0.3, -0.25) is 9.78 Å². The molecule has 4 N–H and O–H groups in total. The molecule has 104 valence electrons. The van der Waals surface area contributed by atoms with Gasteiger partial charge in [0.2, 0.25) is 0 Å². The second kappa shape index (κ2) is 5.85. The largest absolute Gasteiger partial charge is 0.320 e. The van der Waals surface area contributed by atoms with Crippen molar-refractivity contribution in [2.75, 3.05) is 10.7 Å². The van der Waals surface area contributed by atoms with Gasteiger partial charge in [-0.25, -0.2) is 10.8 Å². The van der Waals surface area contributed by atoms with E-state index >= 15 is 0 Å². The van der Waals surface area contributed by atoms with Gasteiger partial charge in [0.05, 0.1) is 22.0 Å². The first-order chi connectivity index (χ1) is 9.51. The summed E-state index contributed by atoms with van der Waals surface area (Å²) in [5.74, 6) is 5.24. The zero-order valence-electron chi connectivity index (χ0n) is 11.1. The molecule has 0 fully saturated rings. The maximum absolute atomic E-state index is 12.1. The number of nitrogens with zero attached hydrogens (tertiary/aromatic N) is 2. The molecule has 2 heterocycles. The van der Waals surface area contributed by atoms with E-state index in [1.807, 2.05) is 19.9 Å². The fraction of sp³-hybridized carbons (Fsp3) is 0.154. The van der Waals surface area contributed by atoms with Crippen molar-refractivity contribution in [3.8, 4) is 0 Å². The van der Waals surface area contributed by atoms with Crippen molar-refractivity contribution < 1.29 is 4.79 Å². The van der Waals surface area contributed by atoms with Gasteiger partial charge in [-0.05, 0) is 32.0 Å². The van der Waals surface area contributed by atoms with Crippen LogP contribution in [0.25, 0.3) is 0 Å². The summed E-state index contributed by atoms with van der Waals surface area (Å²) in [4.78, 5) is 20.3. The highest BCUT2D eigenvalue weighted by atomic mass is 35.5. The quantitative estimate of drug-likeness (QED) is 0.596. The number of anilines is 2. The van der Waals surface area contributed by atoms with Gasteiger partial charge in [0, 0.05) is 11.9 Å². The number of pyridine rings is 2. The normalized spacial score (nSPS) is 10.2. The predicted octanol–water partition coefficient (Wildman–Crippen LogP) is 2.28. The molecule has 2 aromatic rings. The fourth-order valence-electron chi connectivity index (χ4n) is 1.68. The Bertz CT molecular complexity index is 659. The number of aromatic nitrogens is 2. The Hall–Kier alpha value is -2.18. The summed E-state index contributed by atoms with van der Waals surface area (Å²) in [6.45, 7) is 3.72. The predicted molar refractivity (Wildman–Crippen MR) is 78.7 cm³/mol. The van der Waals surface area contributed by atoms with Gasteiger partial charge in [-0.2, -0.15) is 0 Å². The molecule has 0 radical (unpaired) electrons. The van der Waals surface area contributed by atoms with Crippen molar-refractivity contribution in [1.82, 2.24) is 9.97 Å². The van der Waals surface area contributed by atoms with Crippen molar-refractivity contribution in [1.29, 1.82) is 0 Å². The van der Waals surface area contributed by atoms with Crippen molar-refractivity contribution in [3.63, 3.8) is 0 Å². The molecule has 2 aromatic heterocycles. The third kappa shape index (κ3) is 3.04. The molecule has 0 aliphatic carbocycles. The molecular weight excluding hydrogens is 278 g/mol. The number of carbonyl (C=O) groups is 1. The molecule has 0 aromatic carbocycles. The lowest BCUT2D eigenvalue weighted by Crippen LogP contribution is -2.15. The standard InChI is InChI=1S/C13H14ClN5O/c1-7-3-4-11(8(2)17-7)18-13(20)9-5-10(14)12(19-15)16-6-9/h3-6H,15H2,1-2H3,(H,16,19)(H,18,20). The van der Waals surface area contributed by atoms with E-state index < -0.39 is 0 Å². The summed E-state index contributed by atoms with van der Waals surface area (Å²) < 4.78 is 0. The second-order valence-electron chi connectivity index (χ2n) is 4.24. The van der Waals surface area contributed by atoms with E-state index in [1.165, 1.54) is 12.3 Å². The van der Waals surface area contributed by atoms with E-state index in [4.69, 9.17) is 17.4 Å². The van der Waals surface area contributed by atoms with E-state index in [9.17, 15) is 4.79 Å². The number of nitrogen functional groups attached to an aromatic ring is 1. The number of hydrogen-bond donors (Lipinski definition) is 3. The molecule has 0 bridgehead atoms. The highest BCUT2D eigenvalue weighted by molar-refractivity contribution is 6.33. The molecule has 20 heavy (non-hydrogen) atoms. The summed E-state index contributed by atoms with van der Waals surface area (Å²) in [6.07, 6.45) is 1.40. The number of rotatable bonds is 3. The minimum Gasteiger partial charge on any atom is -0.320 e. The average molecular weight is 292 g/mol. The Morgan fingerprint density at radius 2 is 2.10 bits per heavy atom. The Morgan fingerprint density at radius 3 is 2.70 bits per heavy atom. The summed E-state index contributed by atoms with van der Waals surface area (Å²) in [5.41, 5.74) is 4.97. The summed E-state index contributed by atoms with van der Waals surface area (Å²) in [6, 6.07) is 5.13. The maximum atomic E-state index is 12.1. The fourth-order valence-corrected chi connectivity index (χ4v) is 1.90. The molecule has 6 nitrogen and oxygen atoms in total. The zero-order chi connectivity index (χ0) is 14.7. The Balaban J connectivity index is 2.21. The molecule has 2 rings (SSSR count). The number of carbonyl (C=O) groups excluding carboxylic acids is 1. The number of aryl methyl sites for hydroxylation is 2. The number of halogens is 1. The maximum Gasteiger partial charge on any atom is 0.257 e. The molecule has 0 aliphatic rings. The van der Waals surface area contributed by atoms with E-state index in [0.717, 1.165) is 11.4 Å². The Labute approximate surface area is 121 Å². The highest BCUT2D eigenvalue weighted by Crippen LogP contribution is 2.20. The third-order valence-corrected chi connectivity index (χ3v) is 3.00. The molecule has 7 heteroatoms. The molecule has 0 atom stereocenters. The zero-order valence-corrected chi connectivity index (χ0v) is 11.8. The number of amides is 1. The molecule has 0 aliphatic heterocycles. The topological polar surface area (TPSA) is 92.9 Å². The monoisotopic (exact) mass is 291 g/mol. The van der Waals surface area contributed by atoms with Crippen LogP contribution in [-0.2, 0) is 0 Å². The van der Waals surface area contributed by atoms with Crippen molar-refractivity contribution in [3.05, 3.63) is 46.4 Å². The molecule has 0 saturated carbocycles. The number of nitrogens with one attached hydrogen (secondary N) is 2. The van der Waals surface area contributed by atoms with E-state index in [0.29, 0.717) is 17.1 Å². The van der Waals surface area contributed by atoms with E-state index in [-0.39, 0.29) is 10.9 Å². The van der Waals surface area contributed by atoms with Crippen LogP contribution in [0.5, 0.6) is 0 Å². The van der Waals surface area contributed by atoms with Crippen LogP contribution in [0.2, 0.25) is 5.02 Å². The van der Waals surface area contributed by atoms with Gasteiger partial charge >= 0.3 is 0 Å². The number of hydrogen-bond acceptors (Lipinski definition) is 5. The van der Waals surface area contributed by atoms with E-state index in [2.05, 4.69) is 20.7 Å². The van der Waals surface area contributed by atoms with Crippen LogP contribution in [0.1, 0.15) is 21.7 Å². The third-order valence-electron chi connectivity index (χ3n) is 2.71. The minimum absolute atomic E-state index is 0.277. The van der Waals surface area contributed by atoms with Crippen LogP contribution in [0.3, 0.4) is 0 Å². The van der Waals surface area contributed by atoms with E-state index in [1.54, 1.807) is 6.07 Å². The Morgan fingerprint density at radius 1 is 1.35 bits per heavy atom. The second-order valence-corrected chi connectivity index (χ2v) is 4.65. The van der Waals surface area contributed by atoms with Crippen molar-refractivity contribution in [2.24, 2.45) is 5.84 Å². The van der Waals surface area contributed by atoms with Crippen LogP contribution in [0.4, 0.5) is 11.5 Å². The lowest BCUT2D eigenvalue weighted by atomic mass is 10.2. The lowest BCUT2D eigenvalue weighted by Gasteiger charge is -2.09. The minimum atomic E-state index is -0.309. The highest BCUT2D eigenvalue weighted by Gasteiger charge is 2.11. The number of nitrogens with two attached hydrogens (primary N) is 1. The van der Waals surface area contributed by atoms with Crippen LogP contribution in [-0.4, -0.2) is 15.9 Å². The smallest absolute Gasteiger partial charge is 0.257 e. The van der Waals surface area contributed by atoms with Gasteiger partial charge in [-0.15, -0.1) is 0 Å². The van der Waals surface area contributed by atoms with Crippen LogP contribution in [0.15, 0.2) is 24.4 Å². The van der Waals surface area contributed by atoms with Gasteiger partial charge in [0.25, 0.3) is 5.91 Å². The first-order valence-electron chi connectivity index (χ1n) is 5.89. The SMILES string of the molecule is Cc1ccc(NC(=O)c2cnc(NN)c(Cl)c2)c(C)n1. The van der Waals surface area contributed by atoms with Gasteiger partial charge < -0.3 is 10.7 Å². The molecule has 0 unspecified atom stereocenters. The number of hydrazine groups is 1. The summed E-state index contributed by atoms with van der Waals surface area (Å²) >= 11 is 5.93. The molecule has 1 amide bonds. The first-order valence-corrected chi connectivity index (χ1v) is 6.27. The van der Waals surface area contributed by atoms with Gasteiger partial charge in [0.15, 0.2) is 5.82 Å².